The van der Waals surface area contributed by atoms with E-state index in [1.54, 1.807) is 19.2 Å². The molecule has 0 radical (unpaired) electrons. The molecule has 5 rings (SSSR count). The zero-order valence-corrected chi connectivity index (χ0v) is 18.1. The lowest BCUT2D eigenvalue weighted by Crippen LogP contribution is -2.28. The van der Waals surface area contributed by atoms with Gasteiger partial charge in [-0.3, -0.25) is 9.69 Å². The third-order valence-electron chi connectivity index (χ3n) is 6.46. The van der Waals surface area contributed by atoms with E-state index in [1.807, 2.05) is 42.5 Å². The molecule has 1 N–H and O–H groups in total. The predicted octanol–water partition coefficient (Wildman–Crippen LogP) is 4.60. The summed E-state index contributed by atoms with van der Waals surface area (Å²) < 4.78 is 29.7. The van der Waals surface area contributed by atoms with E-state index in [1.165, 1.54) is 12.1 Å². The summed E-state index contributed by atoms with van der Waals surface area (Å²) in [7, 11) is 1.60. The molecule has 1 fully saturated rings. The van der Waals surface area contributed by atoms with Crippen LogP contribution in [0.25, 0.3) is 0 Å². The number of carbonyl (C=O) groups is 1. The third kappa shape index (κ3) is 4.12. The second kappa shape index (κ2) is 8.75. The maximum atomic E-state index is 13.4. The van der Waals surface area contributed by atoms with Gasteiger partial charge in [0.2, 0.25) is 6.79 Å². The lowest BCUT2D eigenvalue weighted by molar-refractivity contribution is -0.143. The maximum Gasteiger partial charge on any atom is 0.309 e. The Hall–Kier alpha value is -3.58. The zero-order valence-electron chi connectivity index (χ0n) is 18.1. The molecule has 0 amide bonds. The van der Waals surface area contributed by atoms with Gasteiger partial charge in [0.15, 0.2) is 11.5 Å². The first-order valence-electron chi connectivity index (χ1n) is 10.8. The molecular weight excluding hydrogens is 425 g/mol. The molecule has 0 saturated carbocycles. The molecule has 0 bridgehead atoms. The molecule has 3 atom stereocenters. The molecule has 2 heterocycles. The Balaban J connectivity index is 1.54. The Labute approximate surface area is 191 Å². The quantitative estimate of drug-likeness (QED) is 0.593. The van der Waals surface area contributed by atoms with E-state index in [-0.39, 0.29) is 24.6 Å². The van der Waals surface area contributed by atoms with Crippen molar-refractivity contribution in [1.82, 2.24) is 4.90 Å². The van der Waals surface area contributed by atoms with Gasteiger partial charge in [-0.25, -0.2) is 4.39 Å². The van der Waals surface area contributed by atoms with Crippen LogP contribution >= 0.6 is 0 Å². The topological polar surface area (TPSA) is 68.2 Å². The lowest BCUT2D eigenvalue weighted by atomic mass is 9.82. The SMILES string of the molecule is COc1ccc([C@@H]2[C@@H](C(=O)O)C(c3ccc4c(c3)OCO4)CN2Cc2ccc(F)cc2)cc1. The van der Waals surface area contributed by atoms with Crippen LogP contribution in [0.4, 0.5) is 4.39 Å². The molecule has 7 heteroatoms. The van der Waals surface area contributed by atoms with Crippen LogP contribution in [0.3, 0.4) is 0 Å². The van der Waals surface area contributed by atoms with E-state index in [0.29, 0.717) is 30.3 Å². The van der Waals surface area contributed by atoms with Crippen LogP contribution in [0.1, 0.15) is 28.7 Å². The minimum atomic E-state index is -0.861. The van der Waals surface area contributed by atoms with Crippen molar-refractivity contribution in [2.75, 3.05) is 20.4 Å². The minimum Gasteiger partial charge on any atom is -0.497 e. The summed E-state index contributed by atoms with van der Waals surface area (Å²) in [5.41, 5.74) is 2.71. The number of hydrogen-bond donors (Lipinski definition) is 1. The number of ether oxygens (including phenoxy) is 3. The van der Waals surface area contributed by atoms with Crippen molar-refractivity contribution in [3.05, 3.63) is 89.2 Å². The number of fused-ring (bicyclic) bond motifs is 1. The predicted molar refractivity (Wildman–Crippen MR) is 119 cm³/mol. The van der Waals surface area contributed by atoms with Crippen molar-refractivity contribution in [3.8, 4) is 17.2 Å². The second-order valence-electron chi connectivity index (χ2n) is 8.36. The Kier molecular flexibility index (Phi) is 5.64. The van der Waals surface area contributed by atoms with E-state index in [9.17, 15) is 14.3 Å². The van der Waals surface area contributed by atoms with Crippen LogP contribution in [0.2, 0.25) is 0 Å². The average molecular weight is 449 g/mol. The van der Waals surface area contributed by atoms with Crippen molar-refractivity contribution in [3.63, 3.8) is 0 Å². The van der Waals surface area contributed by atoms with Crippen LogP contribution in [0.5, 0.6) is 17.2 Å². The largest absolute Gasteiger partial charge is 0.497 e. The number of hydrogen-bond acceptors (Lipinski definition) is 5. The van der Waals surface area contributed by atoms with Crippen molar-refractivity contribution < 1.29 is 28.5 Å². The van der Waals surface area contributed by atoms with E-state index in [2.05, 4.69) is 4.90 Å². The highest BCUT2D eigenvalue weighted by Crippen LogP contribution is 2.48. The highest BCUT2D eigenvalue weighted by Gasteiger charge is 2.47. The summed E-state index contributed by atoms with van der Waals surface area (Å²) in [6.07, 6.45) is 0. The first kappa shape index (κ1) is 21.3. The van der Waals surface area contributed by atoms with Crippen LogP contribution in [0.15, 0.2) is 66.7 Å². The van der Waals surface area contributed by atoms with Gasteiger partial charge in [-0.15, -0.1) is 0 Å². The molecule has 1 unspecified atom stereocenters. The molecule has 1 saturated heterocycles. The summed E-state index contributed by atoms with van der Waals surface area (Å²) in [5, 5.41) is 10.3. The number of carboxylic acid groups (broad SMARTS) is 1. The van der Waals surface area contributed by atoms with E-state index in [0.717, 1.165) is 16.7 Å². The average Bonchev–Trinajstić information content (AvgIpc) is 3.45. The van der Waals surface area contributed by atoms with Crippen LogP contribution in [0, 0.1) is 11.7 Å². The third-order valence-corrected chi connectivity index (χ3v) is 6.46. The van der Waals surface area contributed by atoms with Crippen LogP contribution in [-0.2, 0) is 11.3 Å². The van der Waals surface area contributed by atoms with Crippen molar-refractivity contribution in [1.29, 1.82) is 0 Å². The molecule has 170 valence electrons. The van der Waals surface area contributed by atoms with Crippen molar-refractivity contribution in [2.24, 2.45) is 5.92 Å². The summed E-state index contributed by atoms with van der Waals surface area (Å²) in [6.45, 7) is 1.20. The summed E-state index contributed by atoms with van der Waals surface area (Å²) >= 11 is 0. The number of methoxy groups -OCH3 is 1. The van der Waals surface area contributed by atoms with Gasteiger partial charge in [0.05, 0.1) is 13.0 Å². The normalized spacial score (nSPS) is 21.8. The fraction of sp³-hybridized carbons (Fsp3) is 0.269. The minimum absolute atomic E-state index is 0.164. The molecule has 33 heavy (non-hydrogen) atoms. The van der Waals surface area contributed by atoms with Gasteiger partial charge in [0.25, 0.3) is 0 Å². The molecule has 0 spiro atoms. The highest BCUT2D eigenvalue weighted by atomic mass is 19.1. The van der Waals surface area contributed by atoms with Crippen LogP contribution < -0.4 is 14.2 Å². The number of nitrogens with zero attached hydrogens (tertiary/aromatic N) is 1. The summed E-state index contributed by atoms with van der Waals surface area (Å²) in [4.78, 5) is 14.8. The molecule has 0 aromatic heterocycles. The Morgan fingerprint density at radius 1 is 1.03 bits per heavy atom. The molecule has 6 nitrogen and oxygen atoms in total. The number of carboxylic acids is 1. The molecule has 0 aliphatic carbocycles. The van der Waals surface area contributed by atoms with Gasteiger partial charge in [0, 0.05) is 25.0 Å². The Morgan fingerprint density at radius 3 is 2.42 bits per heavy atom. The number of aliphatic carboxylic acids is 1. The van der Waals surface area contributed by atoms with Gasteiger partial charge >= 0.3 is 5.97 Å². The van der Waals surface area contributed by atoms with Crippen molar-refractivity contribution >= 4 is 5.97 Å². The molecule has 3 aromatic rings. The number of likely N-dealkylation sites (tertiary alicyclic amines) is 1. The Bertz CT molecular complexity index is 1150. The molecular formula is C26H24FNO5. The monoisotopic (exact) mass is 449 g/mol. The maximum absolute atomic E-state index is 13.4. The van der Waals surface area contributed by atoms with E-state index < -0.39 is 11.9 Å². The second-order valence-corrected chi connectivity index (χ2v) is 8.36. The van der Waals surface area contributed by atoms with Crippen LogP contribution in [-0.4, -0.2) is 36.4 Å². The lowest BCUT2D eigenvalue weighted by Gasteiger charge is -2.27. The molecule has 2 aliphatic rings. The van der Waals surface area contributed by atoms with Gasteiger partial charge in [-0.05, 0) is 53.1 Å². The summed E-state index contributed by atoms with van der Waals surface area (Å²) in [5.74, 6) is -0.0912. The molecule has 3 aromatic carbocycles. The van der Waals surface area contributed by atoms with Gasteiger partial charge in [0.1, 0.15) is 11.6 Å². The highest BCUT2D eigenvalue weighted by molar-refractivity contribution is 5.74. The first-order chi connectivity index (χ1) is 16.0. The number of rotatable bonds is 6. The van der Waals surface area contributed by atoms with Crippen molar-refractivity contribution in [2.45, 2.75) is 18.5 Å². The number of benzene rings is 3. The van der Waals surface area contributed by atoms with E-state index in [4.69, 9.17) is 14.2 Å². The molecule has 2 aliphatic heterocycles. The fourth-order valence-electron chi connectivity index (χ4n) is 4.90. The summed E-state index contributed by atoms with van der Waals surface area (Å²) in [6, 6.07) is 19.1. The van der Waals surface area contributed by atoms with Gasteiger partial charge in [-0.1, -0.05) is 30.3 Å². The van der Waals surface area contributed by atoms with Gasteiger partial charge < -0.3 is 19.3 Å². The fourth-order valence-corrected chi connectivity index (χ4v) is 4.90. The zero-order chi connectivity index (χ0) is 22.9. The standard InChI is InChI=1S/C26H24FNO5/c1-31-20-9-4-17(5-10-20)25-24(26(29)30)21(18-6-11-22-23(12-18)33-15-32-22)14-28(25)13-16-2-7-19(27)8-3-16/h2-12,21,24-25H,13-15H2,1H3,(H,29,30)/t21?,24-,25+/m0/s1. The first-order valence-corrected chi connectivity index (χ1v) is 10.8. The smallest absolute Gasteiger partial charge is 0.309 e. The Morgan fingerprint density at radius 2 is 1.73 bits per heavy atom. The van der Waals surface area contributed by atoms with Gasteiger partial charge in [-0.2, -0.15) is 0 Å². The number of halogens is 1. The van der Waals surface area contributed by atoms with E-state index >= 15 is 0 Å².